The molecule has 2 aromatic rings. The third-order valence-electron chi connectivity index (χ3n) is 8.37. The molecule has 4 bridgehead atoms. The number of carbonyl (C=O) groups excluding carboxylic acids is 1. The number of benzene rings is 2. The molecule has 0 radical (unpaired) electrons. The van der Waals surface area contributed by atoms with Gasteiger partial charge < -0.3 is 5.32 Å². The molecule has 1 heterocycles. The second kappa shape index (κ2) is 6.43. The molecule has 4 aliphatic carbocycles. The van der Waals surface area contributed by atoms with Crippen molar-refractivity contribution in [3.8, 4) is 0 Å². The molecule has 4 fully saturated rings. The minimum atomic E-state index is 0.0452. The van der Waals surface area contributed by atoms with Crippen molar-refractivity contribution >= 4 is 5.91 Å². The number of hydrogen-bond donors (Lipinski definition) is 1. The lowest BCUT2D eigenvalue weighted by molar-refractivity contribution is -0.124. The van der Waals surface area contributed by atoms with E-state index in [0.29, 0.717) is 17.9 Å². The predicted octanol–water partition coefficient (Wildman–Crippen LogP) is 4.06. The van der Waals surface area contributed by atoms with E-state index in [0.717, 1.165) is 31.8 Å². The predicted molar refractivity (Wildman–Crippen MR) is 114 cm³/mol. The molecule has 4 unspecified atom stereocenters. The maximum atomic E-state index is 13.1. The molecule has 150 valence electrons. The Morgan fingerprint density at radius 1 is 1.00 bits per heavy atom. The average Bonchev–Trinajstić information content (AvgIpc) is 3.10. The minimum Gasteiger partial charge on any atom is -0.349 e. The van der Waals surface area contributed by atoms with Crippen LogP contribution in [0, 0.1) is 11.8 Å². The number of nitrogens with zero attached hydrogens (tertiary/aromatic N) is 1. The smallest absolute Gasteiger partial charge is 0.234 e. The lowest BCUT2D eigenvalue weighted by Crippen LogP contribution is -2.53. The average molecular weight is 387 g/mol. The van der Waals surface area contributed by atoms with Gasteiger partial charge in [0.1, 0.15) is 0 Å². The summed E-state index contributed by atoms with van der Waals surface area (Å²) in [7, 11) is 0. The number of carbonyl (C=O) groups is 1. The van der Waals surface area contributed by atoms with Gasteiger partial charge in [-0.1, -0.05) is 54.6 Å². The maximum absolute atomic E-state index is 13.1. The first-order valence-electron chi connectivity index (χ1n) is 11.3. The summed E-state index contributed by atoms with van der Waals surface area (Å²) in [6.07, 6.45) is 7.27. The van der Waals surface area contributed by atoms with Crippen molar-refractivity contribution in [2.24, 2.45) is 11.8 Å². The van der Waals surface area contributed by atoms with Crippen LogP contribution in [0.2, 0.25) is 0 Å². The second-order valence-electron chi connectivity index (χ2n) is 10.2. The van der Waals surface area contributed by atoms with Crippen molar-refractivity contribution < 1.29 is 4.79 Å². The fourth-order valence-electron chi connectivity index (χ4n) is 7.44. The molecule has 0 saturated heterocycles. The summed E-state index contributed by atoms with van der Waals surface area (Å²) in [5.41, 5.74) is 4.67. The van der Waals surface area contributed by atoms with Crippen LogP contribution in [0.25, 0.3) is 0 Å². The van der Waals surface area contributed by atoms with E-state index < -0.39 is 0 Å². The van der Waals surface area contributed by atoms with Gasteiger partial charge >= 0.3 is 0 Å². The van der Waals surface area contributed by atoms with Crippen molar-refractivity contribution in [3.05, 3.63) is 71.3 Å². The summed E-state index contributed by atoms with van der Waals surface area (Å²) >= 11 is 0. The minimum absolute atomic E-state index is 0.0452. The highest BCUT2D eigenvalue weighted by Crippen LogP contribution is 2.66. The van der Waals surface area contributed by atoms with Crippen LogP contribution < -0.4 is 5.32 Å². The summed E-state index contributed by atoms with van der Waals surface area (Å²) < 4.78 is 0. The maximum Gasteiger partial charge on any atom is 0.234 e. The third-order valence-corrected chi connectivity index (χ3v) is 8.37. The van der Waals surface area contributed by atoms with E-state index in [1.807, 2.05) is 0 Å². The monoisotopic (exact) mass is 386 g/mol. The van der Waals surface area contributed by atoms with Crippen LogP contribution in [-0.2, 0) is 23.2 Å². The Kier molecular flexibility index (Phi) is 3.93. The third kappa shape index (κ3) is 2.85. The normalized spacial score (nSPS) is 34.9. The zero-order valence-corrected chi connectivity index (χ0v) is 17.1. The Labute approximate surface area is 173 Å². The highest BCUT2D eigenvalue weighted by molar-refractivity contribution is 5.79. The first kappa shape index (κ1) is 17.7. The van der Waals surface area contributed by atoms with Crippen molar-refractivity contribution in [2.75, 3.05) is 13.1 Å². The fraction of sp³-hybridized carbons (Fsp3) is 0.500. The Hall–Kier alpha value is -2.13. The molecule has 4 atom stereocenters. The summed E-state index contributed by atoms with van der Waals surface area (Å²) in [5.74, 6) is 1.68. The number of nitrogens with one attached hydrogen (secondary N) is 1. The zero-order chi connectivity index (χ0) is 19.5. The number of rotatable bonds is 4. The largest absolute Gasteiger partial charge is 0.349 e. The van der Waals surface area contributed by atoms with E-state index in [-0.39, 0.29) is 11.4 Å². The van der Waals surface area contributed by atoms with Crippen LogP contribution in [-0.4, -0.2) is 29.4 Å². The first-order chi connectivity index (χ1) is 14.1. The summed E-state index contributed by atoms with van der Waals surface area (Å²) in [5, 5.41) is 3.60. The lowest BCUT2D eigenvalue weighted by atomic mass is 9.65. The fourth-order valence-corrected chi connectivity index (χ4v) is 7.44. The van der Waals surface area contributed by atoms with Crippen molar-refractivity contribution in [1.82, 2.24) is 10.2 Å². The SMILES string of the molecule is O=C(CN1CCc2ccccc2C1)NC12CC3CC1CC(c1ccccc1)(C3)C2. The molecule has 4 saturated carbocycles. The second-order valence-corrected chi connectivity index (χ2v) is 10.2. The number of hydrogen-bond acceptors (Lipinski definition) is 2. The standard InChI is InChI=1S/C26H30N2O/c29-24(17-28-11-10-20-6-4-5-7-21(20)16-28)27-26-14-19-12-23(26)15-25(13-19,18-26)22-8-2-1-3-9-22/h1-9,19,23H,10-18H2,(H,27,29). The molecule has 3 nitrogen and oxygen atoms in total. The van der Waals surface area contributed by atoms with Crippen molar-refractivity contribution in [2.45, 2.75) is 56.0 Å². The van der Waals surface area contributed by atoms with Gasteiger partial charge in [0.15, 0.2) is 0 Å². The van der Waals surface area contributed by atoms with Gasteiger partial charge in [-0.3, -0.25) is 9.69 Å². The molecular weight excluding hydrogens is 356 g/mol. The number of fused-ring (bicyclic) bond motifs is 1. The van der Waals surface area contributed by atoms with Crippen LogP contribution in [0.15, 0.2) is 54.6 Å². The van der Waals surface area contributed by atoms with Gasteiger partial charge in [0.2, 0.25) is 5.91 Å². The van der Waals surface area contributed by atoms with Crippen LogP contribution in [0.4, 0.5) is 0 Å². The van der Waals surface area contributed by atoms with E-state index in [9.17, 15) is 4.79 Å². The Morgan fingerprint density at radius 2 is 1.79 bits per heavy atom. The molecule has 1 aliphatic heterocycles. The Balaban J connectivity index is 1.17. The van der Waals surface area contributed by atoms with Gasteiger partial charge in [0, 0.05) is 18.6 Å². The molecule has 5 aliphatic rings. The molecule has 3 heteroatoms. The zero-order valence-electron chi connectivity index (χ0n) is 17.1. The van der Waals surface area contributed by atoms with E-state index in [1.54, 1.807) is 0 Å². The first-order valence-corrected chi connectivity index (χ1v) is 11.3. The lowest BCUT2D eigenvalue weighted by Gasteiger charge is -2.42. The molecular formula is C26H30N2O. The molecule has 1 N–H and O–H groups in total. The quantitative estimate of drug-likeness (QED) is 0.859. The molecule has 0 spiro atoms. The molecule has 1 amide bonds. The van der Waals surface area contributed by atoms with E-state index in [2.05, 4.69) is 64.8 Å². The van der Waals surface area contributed by atoms with Gasteiger partial charge in [-0.15, -0.1) is 0 Å². The van der Waals surface area contributed by atoms with Crippen LogP contribution in [0.1, 0.15) is 48.8 Å². The van der Waals surface area contributed by atoms with Crippen LogP contribution in [0.5, 0.6) is 0 Å². The summed E-state index contributed by atoms with van der Waals surface area (Å²) in [4.78, 5) is 15.4. The molecule has 0 aromatic heterocycles. The molecule has 7 rings (SSSR count). The highest BCUT2D eigenvalue weighted by Gasteiger charge is 2.64. The Morgan fingerprint density at radius 3 is 2.66 bits per heavy atom. The van der Waals surface area contributed by atoms with Crippen LogP contribution >= 0.6 is 0 Å². The van der Waals surface area contributed by atoms with Crippen molar-refractivity contribution in [1.29, 1.82) is 0 Å². The molecule has 29 heavy (non-hydrogen) atoms. The van der Waals surface area contributed by atoms with Gasteiger partial charge in [-0.2, -0.15) is 0 Å². The van der Waals surface area contributed by atoms with E-state index in [1.165, 1.54) is 42.4 Å². The van der Waals surface area contributed by atoms with E-state index in [4.69, 9.17) is 0 Å². The summed E-state index contributed by atoms with van der Waals surface area (Å²) in [6, 6.07) is 19.8. The van der Waals surface area contributed by atoms with Crippen LogP contribution in [0.3, 0.4) is 0 Å². The molecule has 2 aromatic carbocycles. The van der Waals surface area contributed by atoms with Gasteiger partial charge in [0.05, 0.1) is 6.54 Å². The highest BCUT2D eigenvalue weighted by atomic mass is 16.2. The number of amides is 1. The van der Waals surface area contributed by atoms with Gasteiger partial charge in [-0.05, 0) is 72.5 Å². The van der Waals surface area contributed by atoms with E-state index >= 15 is 0 Å². The van der Waals surface area contributed by atoms with Gasteiger partial charge in [0.25, 0.3) is 0 Å². The van der Waals surface area contributed by atoms with Crippen molar-refractivity contribution in [3.63, 3.8) is 0 Å². The summed E-state index contributed by atoms with van der Waals surface area (Å²) in [6.45, 7) is 2.42. The topological polar surface area (TPSA) is 32.3 Å². The Bertz CT molecular complexity index is 941. The van der Waals surface area contributed by atoms with Gasteiger partial charge in [-0.25, -0.2) is 0 Å².